The van der Waals surface area contributed by atoms with Gasteiger partial charge in [0.15, 0.2) is 0 Å². The van der Waals surface area contributed by atoms with Crippen LogP contribution in [0, 0.1) is 5.82 Å². The smallest absolute Gasteiger partial charge is 0.137 e. The third-order valence-electron chi connectivity index (χ3n) is 3.65. The predicted molar refractivity (Wildman–Crippen MR) is 88.6 cm³/mol. The molecule has 0 aliphatic carbocycles. The van der Waals surface area contributed by atoms with E-state index in [1.54, 1.807) is 6.07 Å². The lowest BCUT2D eigenvalue weighted by molar-refractivity contribution is 0.459. The lowest BCUT2D eigenvalue weighted by Crippen LogP contribution is -2.31. The highest BCUT2D eigenvalue weighted by molar-refractivity contribution is 9.10. The Kier molecular flexibility index (Phi) is 9.12. The van der Waals surface area contributed by atoms with E-state index in [0.29, 0.717) is 10.5 Å². The number of likely N-dealkylation sites (N-methyl/N-ethyl adjacent to an activating group) is 1. The van der Waals surface area contributed by atoms with E-state index in [1.165, 1.54) is 44.6 Å². The highest BCUT2D eigenvalue weighted by atomic mass is 79.9. The van der Waals surface area contributed by atoms with Crippen LogP contribution < -0.4 is 5.32 Å². The van der Waals surface area contributed by atoms with Gasteiger partial charge < -0.3 is 5.32 Å². The molecular weight excluding hydrogens is 317 g/mol. The first-order valence-electron chi connectivity index (χ1n) is 7.85. The number of hydrogen-bond acceptors (Lipinski definition) is 1. The van der Waals surface area contributed by atoms with Gasteiger partial charge in [0.1, 0.15) is 5.82 Å². The van der Waals surface area contributed by atoms with Gasteiger partial charge in [-0.2, -0.15) is 0 Å². The van der Waals surface area contributed by atoms with Gasteiger partial charge in [-0.25, -0.2) is 4.39 Å². The summed E-state index contributed by atoms with van der Waals surface area (Å²) in [4.78, 5) is 0. The lowest BCUT2D eigenvalue weighted by atomic mass is 9.99. The number of hydrogen-bond donors (Lipinski definition) is 1. The quantitative estimate of drug-likeness (QED) is 0.555. The molecule has 0 bridgehead atoms. The first kappa shape index (κ1) is 17.6. The van der Waals surface area contributed by atoms with Crippen LogP contribution in [0.15, 0.2) is 22.7 Å². The molecule has 1 aromatic carbocycles. The Morgan fingerprint density at radius 2 is 1.90 bits per heavy atom. The van der Waals surface area contributed by atoms with Crippen LogP contribution >= 0.6 is 15.9 Å². The molecule has 0 aliphatic heterocycles. The number of unbranched alkanes of at least 4 members (excludes halogenated alkanes) is 4. The Balaban J connectivity index is 2.47. The van der Waals surface area contributed by atoms with Crippen molar-refractivity contribution in [1.82, 2.24) is 5.32 Å². The zero-order chi connectivity index (χ0) is 14.8. The molecule has 1 unspecified atom stereocenters. The normalized spacial score (nSPS) is 12.6. The molecule has 1 atom stereocenters. The zero-order valence-electron chi connectivity index (χ0n) is 12.7. The summed E-state index contributed by atoms with van der Waals surface area (Å²) in [6, 6.07) is 5.74. The predicted octanol–water partition coefficient (Wildman–Crippen LogP) is 5.47. The number of benzene rings is 1. The molecule has 0 amide bonds. The summed E-state index contributed by atoms with van der Waals surface area (Å²) in [5.74, 6) is -0.166. The second-order valence-electron chi connectivity index (χ2n) is 5.37. The molecule has 1 rings (SSSR count). The molecule has 0 saturated carbocycles. The molecule has 0 spiro atoms. The van der Waals surface area contributed by atoms with Gasteiger partial charge in [-0.05, 0) is 46.9 Å². The summed E-state index contributed by atoms with van der Waals surface area (Å²) < 4.78 is 14.2. The molecule has 0 aromatic heterocycles. The third kappa shape index (κ3) is 6.36. The van der Waals surface area contributed by atoms with Crippen LogP contribution in [0.2, 0.25) is 0 Å². The van der Waals surface area contributed by atoms with Gasteiger partial charge in [-0.1, -0.05) is 58.1 Å². The molecule has 1 aromatic rings. The molecule has 20 heavy (non-hydrogen) atoms. The zero-order valence-corrected chi connectivity index (χ0v) is 14.3. The van der Waals surface area contributed by atoms with Crippen LogP contribution in [0.25, 0.3) is 0 Å². The second kappa shape index (κ2) is 10.3. The molecule has 0 aliphatic rings. The Labute approximate surface area is 131 Å². The molecule has 0 fully saturated rings. The Morgan fingerprint density at radius 3 is 2.60 bits per heavy atom. The van der Waals surface area contributed by atoms with E-state index < -0.39 is 0 Å². The summed E-state index contributed by atoms with van der Waals surface area (Å²) in [5, 5.41) is 3.53. The van der Waals surface area contributed by atoms with Crippen molar-refractivity contribution in [3.8, 4) is 0 Å². The highest BCUT2D eigenvalue weighted by Crippen LogP contribution is 2.22. The summed E-state index contributed by atoms with van der Waals surface area (Å²) in [6.45, 7) is 5.33. The molecule has 1 N–H and O–H groups in total. The molecule has 1 nitrogen and oxygen atoms in total. The first-order valence-corrected chi connectivity index (χ1v) is 8.64. The molecule has 0 radical (unpaired) electrons. The molecule has 0 heterocycles. The molecule has 114 valence electrons. The van der Waals surface area contributed by atoms with Crippen molar-refractivity contribution in [3.63, 3.8) is 0 Å². The fourth-order valence-electron chi connectivity index (χ4n) is 2.53. The number of halogens is 2. The van der Waals surface area contributed by atoms with Crippen molar-refractivity contribution >= 4 is 15.9 Å². The van der Waals surface area contributed by atoms with Gasteiger partial charge in [0, 0.05) is 6.04 Å². The summed E-state index contributed by atoms with van der Waals surface area (Å²) >= 11 is 3.36. The average molecular weight is 344 g/mol. The van der Waals surface area contributed by atoms with Gasteiger partial charge in [-0.15, -0.1) is 0 Å². The van der Waals surface area contributed by atoms with Crippen molar-refractivity contribution in [2.75, 3.05) is 6.54 Å². The van der Waals surface area contributed by atoms with Crippen molar-refractivity contribution in [2.24, 2.45) is 0 Å². The highest BCUT2D eigenvalue weighted by Gasteiger charge is 2.12. The Hall–Kier alpha value is -0.410. The summed E-state index contributed by atoms with van der Waals surface area (Å²) in [7, 11) is 0. The van der Waals surface area contributed by atoms with Crippen LogP contribution in [0.3, 0.4) is 0 Å². The van der Waals surface area contributed by atoms with Crippen LogP contribution in [-0.4, -0.2) is 12.6 Å². The maximum atomic E-state index is 13.5. The van der Waals surface area contributed by atoms with Gasteiger partial charge in [0.05, 0.1) is 4.47 Å². The number of rotatable bonds is 10. The SMILES string of the molecule is CCCCCCCC(Cc1cccc(F)c1Br)NCC. The third-order valence-corrected chi connectivity index (χ3v) is 4.53. The van der Waals surface area contributed by atoms with Crippen molar-refractivity contribution < 1.29 is 4.39 Å². The van der Waals surface area contributed by atoms with E-state index in [4.69, 9.17) is 0 Å². The van der Waals surface area contributed by atoms with E-state index in [0.717, 1.165) is 18.5 Å². The van der Waals surface area contributed by atoms with Crippen LogP contribution in [0.5, 0.6) is 0 Å². The van der Waals surface area contributed by atoms with Crippen molar-refractivity contribution in [3.05, 3.63) is 34.1 Å². The largest absolute Gasteiger partial charge is 0.314 e. The summed E-state index contributed by atoms with van der Waals surface area (Å²) in [5.41, 5.74) is 1.06. The van der Waals surface area contributed by atoms with E-state index in [1.807, 2.05) is 6.07 Å². The Bertz CT molecular complexity index is 381. The monoisotopic (exact) mass is 343 g/mol. The summed E-state index contributed by atoms with van der Waals surface area (Å²) in [6.07, 6.45) is 8.57. The van der Waals surface area contributed by atoms with Gasteiger partial charge in [-0.3, -0.25) is 0 Å². The second-order valence-corrected chi connectivity index (χ2v) is 6.17. The van der Waals surface area contributed by atoms with Crippen LogP contribution in [-0.2, 0) is 6.42 Å². The number of nitrogens with one attached hydrogen (secondary N) is 1. The van der Waals surface area contributed by atoms with Crippen LogP contribution in [0.4, 0.5) is 4.39 Å². The van der Waals surface area contributed by atoms with E-state index in [9.17, 15) is 4.39 Å². The Morgan fingerprint density at radius 1 is 1.15 bits per heavy atom. The maximum absolute atomic E-state index is 13.5. The standard InChI is InChI=1S/C17H27BrFN/c1-3-5-6-7-8-11-15(20-4-2)13-14-10-9-12-16(19)17(14)18/h9-10,12,15,20H,3-8,11,13H2,1-2H3. The fraction of sp³-hybridized carbons (Fsp3) is 0.647. The van der Waals surface area contributed by atoms with E-state index >= 15 is 0 Å². The minimum absolute atomic E-state index is 0.166. The van der Waals surface area contributed by atoms with Gasteiger partial charge in [0.25, 0.3) is 0 Å². The van der Waals surface area contributed by atoms with Crippen molar-refractivity contribution in [2.45, 2.75) is 64.8 Å². The van der Waals surface area contributed by atoms with Gasteiger partial charge in [0.2, 0.25) is 0 Å². The average Bonchev–Trinajstić information content (AvgIpc) is 2.43. The minimum Gasteiger partial charge on any atom is -0.314 e. The van der Waals surface area contributed by atoms with E-state index in [-0.39, 0.29) is 5.82 Å². The van der Waals surface area contributed by atoms with E-state index in [2.05, 4.69) is 35.1 Å². The molecule has 0 saturated heterocycles. The maximum Gasteiger partial charge on any atom is 0.137 e. The van der Waals surface area contributed by atoms with Crippen LogP contribution in [0.1, 0.15) is 57.9 Å². The lowest BCUT2D eigenvalue weighted by Gasteiger charge is -2.19. The van der Waals surface area contributed by atoms with Gasteiger partial charge >= 0.3 is 0 Å². The molecular formula is C17H27BrFN. The minimum atomic E-state index is -0.166. The molecule has 3 heteroatoms. The van der Waals surface area contributed by atoms with Crippen molar-refractivity contribution in [1.29, 1.82) is 0 Å². The topological polar surface area (TPSA) is 12.0 Å². The fourth-order valence-corrected chi connectivity index (χ4v) is 2.96. The first-order chi connectivity index (χ1) is 9.69.